The predicted octanol–water partition coefficient (Wildman–Crippen LogP) is 0.244. The molecule has 6 heteroatoms. The van der Waals surface area contributed by atoms with Gasteiger partial charge in [0.05, 0.1) is 24.3 Å². The molecule has 86 valence electrons. The van der Waals surface area contributed by atoms with Crippen LogP contribution in [0.25, 0.3) is 0 Å². The number of nitriles is 1. The summed E-state index contributed by atoms with van der Waals surface area (Å²) in [6, 6.07) is 1.92. The minimum Gasteiger partial charge on any atom is -0.384 e. The number of sulfonamides is 1. The lowest BCUT2D eigenvalue weighted by atomic mass is 10.1. The zero-order chi connectivity index (χ0) is 11.3. The van der Waals surface area contributed by atoms with Crippen LogP contribution >= 0.6 is 0 Å². The van der Waals surface area contributed by atoms with Crippen molar-refractivity contribution >= 4 is 10.0 Å². The predicted molar refractivity (Wildman–Crippen MR) is 55.5 cm³/mol. The van der Waals surface area contributed by atoms with Crippen molar-refractivity contribution in [1.29, 1.82) is 5.26 Å². The third-order valence-corrected chi connectivity index (χ3v) is 3.93. The molecular formula is C9H16N2O3S. The van der Waals surface area contributed by atoms with Crippen LogP contribution in [0.5, 0.6) is 0 Å². The molecule has 0 spiro atoms. The maximum atomic E-state index is 11.5. The van der Waals surface area contributed by atoms with Gasteiger partial charge in [0, 0.05) is 13.2 Å². The zero-order valence-corrected chi connectivity index (χ0v) is 9.59. The molecule has 1 fully saturated rings. The van der Waals surface area contributed by atoms with E-state index in [1.165, 1.54) is 7.11 Å². The Balaban J connectivity index is 2.50. The van der Waals surface area contributed by atoms with Crippen LogP contribution in [0.4, 0.5) is 0 Å². The van der Waals surface area contributed by atoms with Crippen molar-refractivity contribution in [3.8, 4) is 6.07 Å². The molecule has 1 aliphatic carbocycles. The lowest BCUT2D eigenvalue weighted by Gasteiger charge is -2.15. The van der Waals surface area contributed by atoms with E-state index in [-0.39, 0.29) is 24.3 Å². The Labute approximate surface area is 90.5 Å². The van der Waals surface area contributed by atoms with Crippen LogP contribution in [0, 0.1) is 17.2 Å². The van der Waals surface area contributed by atoms with Crippen LogP contribution in [-0.2, 0) is 14.8 Å². The number of hydrogen-bond donors (Lipinski definition) is 1. The second kappa shape index (κ2) is 5.45. The highest BCUT2D eigenvalue weighted by molar-refractivity contribution is 7.89. The van der Waals surface area contributed by atoms with E-state index in [1.54, 1.807) is 0 Å². The van der Waals surface area contributed by atoms with Gasteiger partial charge in [-0.15, -0.1) is 0 Å². The molecule has 0 aromatic carbocycles. The molecule has 0 radical (unpaired) electrons. The molecule has 1 aliphatic rings. The number of hydrogen-bond acceptors (Lipinski definition) is 4. The minimum atomic E-state index is -3.30. The first kappa shape index (κ1) is 12.4. The average Bonchev–Trinajstić information content (AvgIpc) is 2.61. The van der Waals surface area contributed by atoms with Crippen molar-refractivity contribution < 1.29 is 13.2 Å². The second-order valence-electron chi connectivity index (χ2n) is 3.70. The summed E-state index contributed by atoms with van der Waals surface area (Å²) in [5.74, 6) is -0.222. The molecule has 1 N–H and O–H groups in total. The van der Waals surface area contributed by atoms with Crippen LogP contribution in [0.2, 0.25) is 0 Å². The van der Waals surface area contributed by atoms with Crippen molar-refractivity contribution in [2.24, 2.45) is 5.92 Å². The van der Waals surface area contributed by atoms with E-state index in [1.807, 2.05) is 0 Å². The Bertz CT molecular complexity index is 334. The molecule has 0 saturated heterocycles. The van der Waals surface area contributed by atoms with Gasteiger partial charge >= 0.3 is 0 Å². The molecule has 0 bridgehead atoms. The van der Waals surface area contributed by atoms with Gasteiger partial charge < -0.3 is 4.74 Å². The van der Waals surface area contributed by atoms with E-state index in [0.717, 1.165) is 19.3 Å². The number of nitrogens with zero attached hydrogens (tertiary/aromatic N) is 1. The number of nitrogens with one attached hydrogen (secondary N) is 1. The van der Waals surface area contributed by atoms with Crippen molar-refractivity contribution in [1.82, 2.24) is 4.72 Å². The minimum absolute atomic E-state index is 0.0435. The summed E-state index contributed by atoms with van der Waals surface area (Å²) in [6.45, 7) is 0.180. The lowest BCUT2D eigenvalue weighted by Crippen LogP contribution is -2.39. The summed E-state index contributed by atoms with van der Waals surface area (Å²) >= 11 is 0. The summed E-state index contributed by atoms with van der Waals surface area (Å²) in [5.41, 5.74) is 0. The molecule has 5 nitrogen and oxygen atoms in total. The van der Waals surface area contributed by atoms with Crippen molar-refractivity contribution in [2.45, 2.75) is 25.3 Å². The van der Waals surface area contributed by atoms with E-state index >= 15 is 0 Å². The van der Waals surface area contributed by atoms with Gasteiger partial charge in [0.2, 0.25) is 10.0 Å². The van der Waals surface area contributed by atoms with E-state index in [2.05, 4.69) is 10.8 Å². The number of methoxy groups -OCH3 is 1. The molecule has 0 heterocycles. The molecule has 1 rings (SSSR count). The molecule has 0 amide bonds. The van der Waals surface area contributed by atoms with Crippen LogP contribution < -0.4 is 4.72 Å². The molecular weight excluding hydrogens is 216 g/mol. The van der Waals surface area contributed by atoms with Crippen LogP contribution in [0.3, 0.4) is 0 Å². The Hall–Kier alpha value is -0.640. The fourth-order valence-corrected chi connectivity index (χ4v) is 2.99. The normalized spacial score (nSPS) is 26.4. The van der Waals surface area contributed by atoms with Crippen LogP contribution in [-0.4, -0.2) is 33.9 Å². The van der Waals surface area contributed by atoms with E-state index in [0.29, 0.717) is 0 Å². The third-order valence-electron chi connectivity index (χ3n) is 2.57. The van der Waals surface area contributed by atoms with Gasteiger partial charge in [-0.25, -0.2) is 13.1 Å². The average molecular weight is 232 g/mol. The number of rotatable bonds is 5. The monoisotopic (exact) mass is 232 g/mol. The van der Waals surface area contributed by atoms with E-state index in [9.17, 15) is 8.42 Å². The molecule has 0 aromatic heterocycles. The molecule has 1 saturated carbocycles. The quantitative estimate of drug-likeness (QED) is 0.736. The summed E-state index contributed by atoms with van der Waals surface area (Å²) in [4.78, 5) is 0. The van der Waals surface area contributed by atoms with Gasteiger partial charge in [-0.1, -0.05) is 6.42 Å². The summed E-state index contributed by atoms with van der Waals surface area (Å²) < 4.78 is 30.3. The zero-order valence-electron chi connectivity index (χ0n) is 8.77. The first-order valence-corrected chi connectivity index (χ1v) is 6.63. The molecule has 0 aliphatic heterocycles. The first-order chi connectivity index (χ1) is 7.09. The fourth-order valence-electron chi connectivity index (χ4n) is 1.74. The summed E-state index contributed by atoms with van der Waals surface area (Å²) in [5, 5.41) is 8.80. The molecule has 0 aromatic rings. The lowest BCUT2D eigenvalue weighted by molar-refractivity contribution is 0.216. The van der Waals surface area contributed by atoms with Crippen LogP contribution in [0.1, 0.15) is 19.3 Å². The SMILES string of the molecule is COCCS(=O)(=O)NC1CCCC1C#N. The van der Waals surface area contributed by atoms with Crippen molar-refractivity contribution in [2.75, 3.05) is 19.5 Å². The Morgan fingerprint density at radius 1 is 1.53 bits per heavy atom. The first-order valence-electron chi connectivity index (χ1n) is 4.97. The van der Waals surface area contributed by atoms with Crippen molar-refractivity contribution in [3.05, 3.63) is 0 Å². The van der Waals surface area contributed by atoms with E-state index < -0.39 is 10.0 Å². The molecule has 2 atom stereocenters. The molecule has 2 unspecified atom stereocenters. The van der Waals surface area contributed by atoms with E-state index in [4.69, 9.17) is 10.00 Å². The highest BCUT2D eigenvalue weighted by atomic mass is 32.2. The van der Waals surface area contributed by atoms with Gasteiger partial charge in [0.15, 0.2) is 0 Å². The maximum absolute atomic E-state index is 11.5. The van der Waals surface area contributed by atoms with Gasteiger partial charge in [-0.2, -0.15) is 5.26 Å². The van der Waals surface area contributed by atoms with Crippen molar-refractivity contribution in [3.63, 3.8) is 0 Å². The number of ether oxygens (including phenoxy) is 1. The summed E-state index contributed by atoms with van der Waals surface area (Å²) in [6.07, 6.45) is 2.45. The van der Waals surface area contributed by atoms with Gasteiger partial charge in [0.1, 0.15) is 0 Å². The maximum Gasteiger partial charge on any atom is 0.214 e. The highest BCUT2D eigenvalue weighted by Crippen LogP contribution is 2.25. The Kier molecular flexibility index (Phi) is 4.51. The van der Waals surface area contributed by atoms with Gasteiger partial charge in [-0.3, -0.25) is 0 Å². The molecule has 15 heavy (non-hydrogen) atoms. The standard InChI is InChI=1S/C9H16N2O3S/c1-14-5-6-15(12,13)11-9-4-2-3-8(9)7-10/h8-9,11H,2-6H2,1H3. The third kappa shape index (κ3) is 3.78. The fraction of sp³-hybridized carbons (Fsp3) is 0.889. The van der Waals surface area contributed by atoms with Gasteiger partial charge in [0.25, 0.3) is 0 Å². The largest absolute Gasteiger partial charge is 0.384 e. The smallest absolute Gasteiger partial charge is 0.214 e. The Morgan fingerprint density at radius 3 is 2.87 bits per heavy atom. The topological polar surface area (TPSA) is 79.2 Å². The second-order valence-corrected chi connectivity index (χ2v) is 5.58. The Morgan fingerprint density at radius 2 is 2.27 bits per heavy atom. The van der Waals surface area contributed by atoms with Gasteiger partial charge in [-0.05, 0) is 12.8 Å². The summed E-state index contributed by atoms with van der Waals surface area (Å²) in [7, 11) is -1.83. The highest BCUT2D eigenvalue weighted by Gasteiger charge is 2.30. The van der Waals surface area contributed by atoms with Crippen LogP contribution in [0.15, 0.2) is 0 Å².